The molecule has 66 valence electrons. The smallest absolute Gasteiger partial charge is 0.0813 e. The van der Waals surface area contributed by atoms with Crippen molar-refractivity contribution in [2.45, 2.75) is 6.04 Å². The maximum Gasteiger partial charge on any atom is 0.0813 e. The molecule has 0 radical (unpaired) electrons. The van der Waals surface area contributed by atoms with Crippen LogP contribution in [-0.2, 0) is 0 Å². The van der Waals surface area contributed by atoms with Gasteiger partial charge in [-0.05, 0) is 6.07 Å². The molecule has 1 atom stereocenters. The van der Waals surface area contributed by atoms with Crippen molar-refractivity contribution >= 4 is 17.3 Å². The van der Waals surface area contributed by atoms with Crippen LogP contribution in [0, 0.1) is 0 Å². The van der Waals surface area contributed by atoms with Gasteiger partial charge in [-0.3, -0.25) is 4.98 Å². The Bertz CT molecular complexity index is 276. The number of aromatic nitrogens is 1. The van der Waals surface area contributed by atoms with Gasteiger partial charge in [-0.2, -0.15) is 0 Å². The Hall–Kier alpha value is -0.840. The minimum atomic E-state index is -0.317. The lowest BCUT2D eigenvalue weighted by atomic mass is 10.2. The maximum atomic E-state index is 5.65. The third-order valence-electron chi connectivity index (χ3n) is 1.52. The van der Waals surface area contributed by atoms with Crippen LogP contribution in [0.2, 0.25) is 5.02 Å². The number of nitrogens with zero attached hydrogens (tertiary/aromatic N) is 1. The Morgan fingerprint density at radius 3 is 2.75 bits per heavy atom. The molecule has 0 saturated carbocycles. The highest BCUT2D eigenvalue weighted by Crippen LogP contribution is 2.18. The fourth-order valence-electron chi connectivity index (χ4n) is 0.887. The predicted molar refractivity (Wildman–Crippen MR) is 49.6 cm³/mol. The molecular formula is C7H11ClN4. The summed E-state index contributed by atoms with van der Waals surface area (Å²) in [5, 5.41) is 0.500. The average Bonchev–Trinajstić information content (AvgIpc) is 2.03. The predicted octanol–water partition coefficient (Wildman–Crippen LogP) is 0.276. The lowest BCUT2D eigenvalue weighted by Crippen LogP contribution is -2.22. The van der Waals surface area contributed by atoms with Crippen LogP contribution in [0.25, 0.3) is 0 Å². The van der Waals surface area contributed by atoms with Crippen LogP contribution in [0.4, 0.5) is 5.69 Å². The number of rotatable bonds is 2. The van der Waals surface area contributed by atoms with Gasteiger partial charge in [-0.1, -0.05) is 11.6 Å². The van der Waals surface area contributed by atoms with E-state index in [0.717, 1.165) is 0 Å². The molecule has 0 fully saturated rings. The van der Waals surface area contributed by atoms with E-state index in [-0.39, 0.29) is 6.04 Å². The van der Waals surface area contributed by atoms with Crippen molar-refractivity contribution in [3.63, 3.8) is 0 Å². The molecule has 1 unspecified atom stereocenters. The molecule has 0 bridgehead atoms. The Labute approximate surface area is 75.7 Å². The summed E-state index contributed by atoms with van der Waals surface area (Å²) in [6.07, 6.45) is 1.50. The van der Waals surface area contributed by atoms with Crippen molar-refractivity contribution in [3.05, 3.63) is 23.0 Å². The molecule has 0 saturated heterocycles. The highest BCUT2D eigenvalue weighted by atomic mass is 35.5. The van der Waals surface area contributed by atoms with Crippen molar-refractivity contribution in [1.29, 1.82) is 0 Å². The van der Waals surface area contributed by atoms with E-state index in [4.69, 9.17) is 28.8 Å². The molecule has 0 aliphatic rings. The SMILES string of the molecule is NCC(N)c1ncc(Cl)cc1N. The van der Waals surface area contributed by atoms with Crippen molar-refractivity contribution < 1.29 is 0 Å². The standard InChI is InChI=1S/C7H11ClN4/c8-4-1-5(10)7(12-3-4)6(11)2-9/h1,3,6H,2,9-11H2. The van der Waals surface area contributed by atoms with Gasteiger partial charge < -0.3 is 17.2 Å². The zero-order chi connectivity index (χ0) is 9.14. The summed E-state index contributed by atoms with van der Waals surface area (Å²) in [6.45, 7) is 0.318. The summed E-state index contributed by atoms with van der Waals surface area (Å²) in [5.41, 5.74) is 17.7. The van der Waals surface area contributed by atoms with Crippen LogP contribution < -0.4 is 17.2 Å². The molecule has 0 amide bonds. The minimum absolute atomic E-state index is 0.317. The van der Waals surface area contributed by atoms with Gasteiger partial charge in [0.2, 0.25) is 0 Å². The third-order valence-corrected chi connectivity index (χ3v) is 1.73. The van der Waals surface area contributed by atoms with E-state index in [1.54, 1.807) is 6.07 Å². The van der Waals surface area contributed by atoms with Crippen LogP contribution in [0.15, 0.2) is 12.3 Å². The van der Waals surface area contributed by atoms with Gasteiger partial charge in [0.15, 0.2) is 0 Å². The van der Waals surface area contributed by atoms with Crippen molar-refractivity contribution in [1.82, 2.24) is 4.98 Å². The highest BCUT2D eigenvalue weighted by Gasteiger charge is 2.08. The molecular weight excluding hydrogens is 176 g/mol. The normalized spacial score (nSPS) is 12.9. The molecule has 0 aliphatic carbocycles. The Kier molecular flexibility index (Phi) is 2.86. The number of pyridine rings is 1. The Morgan fingerprint density at radius 1 is 1.58 bits per heavy atom. The lowest BCUT2D eigenvalue weighted by Gasteiger charge is -2.10. The zero-order valence-corrected chi connectivity index (χ0v) is 7.25. The third kappa shape index (κ3) is 1.85. The molecule has 1 aromatic rings. The van der Waals surface area contributed by atoms with E-state index in [0.29, 0.717) is 22.9 Å². The van der Waals surface area contributed by atoms with Crippen molar-refractivity contribution in [2.24, 2.45) is 11.5 Å². The van der Waals surface area contributed by atoms with E-state index in [9.17, 15) is 0 Å². The molecule has 12 heavy (non-hydrogen) atoms. The summed E-state index contributed by atoms with van der Waals surface area (Å²) in [6, 6.07) is 1.29. The second kappa shape index (κ2) is 3.71. The highest BCUT2D eigenvalue weighted by molar-refractivity contribution is 6.30. The molecule has 4 nitrogen and oxygen atoms in total. The molecule has 6 N–H and O–H groups in total. The van der Waals surface area contributed by atoms with Gasteiger partial charge in [-0.15, -0.1) is 0 Å². The quantitative estimate of drug-likeness (QED) is 0.619. The summed E-state index contributed by atoms with van der Waals surface area (Å²) in [4.78, 5) is 3.99. The van der Waals surface area contributed by atoms with E-state index >= 15 is 0 Å². The van der Waals surface area contributed by atoms with Gasteiger partial charge in [0, 0.05) is 12.7 Å². The zero-order valence-electron chi connectivity index (χ0n) is 6.50. The van der Waals surface area contributed by atoms with Crippen molar-refractivity contribution in [3.8, 4) is 0 Å². The second-order valence-corrected chi connectivity index (χ2v) is 2.91. The minimum Gasteiger partial charge on any atom is -0.397 e. The molecule has 0 aliphatic heterocycles. The first-order valence-corrected chi connectivity index (χ1v) is 3.89. The second-order valence-electron chi connectivity index (χ2n) is 2.47. The summed E-state index contributed by atoms with van der Waals surface area (Å²) >= 11 is 5.65. The maximum absolute atomic E-state index is 5.65. The number of halogens is 1. The monoisotopic (exact) mass is 186 g/mol. The fraction of sp³-hybridized carbons (Fsp3) is 0.286. The Balaban J connectivity index is 3.01. The summed E-state index contributed by atoms with van der Waals surface area (Å²) in [5.74, 6) is 0. The molecule has 1 rings (SSSR count). The number of hydrogen-bond acceptors (Lipinski definition) is 4. The molecule has 1 heterocycles. The van der Waals surface area contributed by atoms with Crippen molar-refractivity contribution in [2.75, 3.05) is 12.3 Å². The largest absolute Gasteiger partial charge is 0.397 e. The lowest BCUT2D eigenvalue weighted by molar-refractivity contribution is 0.714. The number of hydrogen-bond donors (Lipinski definition) is 3. The fourth-order valence-corrected chi connectivity index (χ4v) is 1.05. The van der Waals surface area contributed by atoms with E-state index < -0.39 is 0 Å². The van der Waals surface area contributed by atoms with Crippen LogP contribution in [-0.4, -0.2) is 11.5 Å². The number of anilines is 1. The first-order chi connectivity index (χ1) is 5.65. The molecule has 0 aromatic carbocycles. The van der Waals surface area contributed by atoms with Gasteiger partial charge in [0.1, 0.15) is 0 Å². The van der Waals surface area contributed by atoms with E-state index in [1.165, 1.54) is 6.20 Å². The Morgan fingerprint density at radius 2 is 2.25 bits per heavy atom. The summed E-state index contributed by atoms with van der Waals surface area (Å²) < 4.78 is 0. The van der Waals surface area contributed by atoms with E-state index in [2.05, 4.69) is 4.98 Å². The van der Waals surface area contributed by atoms with E-state index in [1.807, 2.05) is 0 Å². The number of nitrogen functional groups attached to an aromatic ring is 1. The first kappa shape index (κ1) is 9.25. The number of nitrogens with two attached hydrogens (primary N) is 3. The molecule has 0 spiro atoms. The van der Waals surface area contributed by atoms with Gasteiger partial charge in [0.05, 0.1) is 22.4 Å². The van der Waals surface area contributed by atoms with Crippen LogP contribution in [0.3, 0.4) is 0 Å². The molecule has 1 aromatic heterocycles. The van der Waals surface area contributed by atoms with Gasteiger partial charge in [0.25, 0.3) is 0 Å². The average molecular weight is 187 g/mol. The summed E-state index contributed by atoms with van der Waals surface area (Å²) in [7, 11) is 0. The first-order valence-electron chi connectivity index (χ1n) is 3.51. The van der Waals surface area contributed by atoms with Gasteiger partial charge in [-0.25, -0.2) is 0 Å². The molecule has 5 heteroatoms. The van der Waals surface area contributed by atoms with Gasteiger partial charge >= 0.3 is 0 Å². The topological polar surface area (TPSA) is 91.0 Å². The van der Waals surface area contributed by atoms with Crippen LogP contribution >= 0.6 is 11.6 Å². The van der Waals surface area contributed by atoms with Crippen LogP contribution in [0.1, 0.15) is 11.7 Å². The van der Waals surface area contributed by atoms with Crippen LogP contribution in [0.5, 0.6) is 0 Å².